The molecule has 0 amide bonds. The monoisotopic (exact) mass is 362 g/mol. The van der Waals surface area contributed by atoms with Gasteiger partial charge in [0.25, 0.3) is 0 Å². The van der Waals surface area contributed by atoms with Gasteiger partial charge in [0.05, 0.1) is 5.56 Å². The van der Waals surface area contributed by atoms with Crippen molar-refractivity contribution in [1.82, 2.24) is 0 Å². The fraction of sp³-hybridized carbons (Fsp3) is 0.174. The number of carbonyl (C=O) groups is 1. The van der Waals surface area contributed by atoms with Crippen molar-refractivity contribution in [3.63, 3.8) is 0 Å². The van der Waals surface area contributed by atoms with E-state index in [1.165, 1.54) is 0 Å². The van der Waals surface area contributed by atoms with E-state index in [0.29, 0.717) is 5.56 Å². The summed E-state index contributed by atoms with van der Waals surface area (Å²) in [5, 5.41) is 11.1. The van der Waals surface area contributed by atoms with E-state index in [1.807, 2.05) is 66.7 Å². The van der Waals surface area contributed by atoms with Gasteiger partial charge in [0.2, 0.25) is 0 Å². The first-order valence-electron chi connectivity index (χ1n) is 8.75. The fourth-order valence-corrected chi connectivity index (χ4v) is 3.22. The Morgan fingerprint density at radius 2 is 1.30 bits per heavy atom. The summed E-state index contributed by atoms with van der Waals surface area (Å²) >= 11 is 0. The largest absolute Gasteiger partial charge is 0.459 e. The summed E-state index contributed by atoms with van der Waals surface area (Å²) in [6.45, 7) is -0.203. The number of methoxy groups -OCH3 is 1. The van der Waals surface area contributed by atoms with Crippen LogP contribution < -0.4 is 0 Å². The topological polar surface area (TPSA) is 55.8 Å². The number of hydrogen-bond acceptors (Lipinski definition) is 4. The van der Waals surface area contributed by atoms with E-state index in [0.717, 1.165) is 11.1 Å². The summed E-state index contributed by atoms with van der Waals surface area (Å²) < 4.78 is 11.2. The Labute approximate surface area is 159 Å². The van der Waals surface area contributed by atoms with Crippen molar-refractivity contribution in [2.75, 3.05) is 13.7 Å². The summed E-state index contributed by atoms with van der Waals surface area (Å²) in [5.74, 6) is -0.485. The summed E-state index contributed by atoms with van der Waals surface area (Å²) in [6, 6.07) is 27.6. The van der Waals surface area contributed by atoms with Gasteiger partial charge in [0, 0.05) is 7.11 Å². The highest BCUT2D eigenvalue weighted by Gasteiger charge is 2.42. The first-order valence-corrected chi connectivity index (χ1v) is 8.75. The number of hydrogen-bond donors (Lipinski definition) is 1. The maximum atomic E-state index is 12.3. The van der Waals surface area contributed by atoms with Crippen molar-refractivity contribution in [3.8, 4) is 0 Å². The van der Waals surface area contributed by atoms with Crippen molar-refractivity contribution < 1.29 is 19.4 Å². The van der Waals surface area contributed by atoms with E-state index in [-0.39, 0.29) is 6.61 Å². The third-order valence-electron chi connectivity index (χ3n) is 4.58. The van der Waals surface area contributed by atoms with Gasteiger partial charge in [-0.3, -0.25) is 0 Å². The van der Waals surface area contributed by atoms with Crippen LogP contribution >= 0.6 is 0 Å². The Morgan fingerprint density at radius 3 is 1.74 bits per heavy atom. The predicted molar refractivity (Wildman–Crippen MR) is 103 cm³/mol. The zero-order valence-corrected chi connectivity index (χ0v) is 15.1. The molecule has 0 unspecified atom stereocenters. The average molecular weight is 362 g/mol. The second-order valence-corrected chi connectivity index (χ2v) is 6.15. The molecule has 138 valence electrons. The Morgan fingerprint density at radius 1 is 0.852 bits per heavy atom. The molecule has 0 saturated carbocycles. The van der Waals surface area contributed by atoms with E-state index in [4.69, 9.17) is 9.47 Å². The van der Waals surface area contributed by atoms with E-state index in [2.05, 4.69) is 0 Å². The van der Waals surface area contributed by atoms with Gasteiger partial charge >= 0.3 is 5.97 Å². The van der Waals surface area contributed by atoms with Gasteiger partial charge in [0.1, 0.15) is 18.3 Å². The van der Waals surface area contributed by atoms with Gasteiger partial charge in [-0.2, -0.15) is 0 Å². The molecular formula is C23H22O4. The smallest absolute Gasteiger partial charge is 0.338 e. The van der Waals surface area contributed by atoms with Crippen LogP contribution in [0.3, 0.4) is 0 Å². The van der Waals surface area contributed by atoms with Crippen LogP contribution in [0.2, 0.25) is 0 Å². The van der Waals surface area contributed by atoms with Crippen molar-refractivity contribution in [3.05, 3.63) is 108 Å². The lowest BCUT2D eigenvalue weighted by atomic mass is 9.81. The molecule has 0 fully saturated rings. The summed E-state index contributed by atoms with van der Waals surface area (Å²) in [7, 11) is 1.54. The maximum Gasteiger partial charge on any atom is 0.338 e. The fourth-order valence-electron chi connectivity index (χ4n) is 3.22. The molecule has 4 nitrogen and oxygen atoms in total. The third kappa shape index (κ3) is 3.92. The number of benzene rings is 3. The second-order valence-electron chi connectivity index (χ2n) is 6.15. The molecule has 0 bridgehead atoms. The lowest BCUT2D eigenvalue weighted by molar-refractivity contribution is -0.100. The number of carbonyl (C=O) groups excluding carboxylic acids is 1. The molecule has 0 radical (unpaired) electrons. The molecule has 0 aromatic heterocycles. The summed E-state index contributed by atoms with van der Waals surface area (Å²) in [4.78, 5) is 12.3. The first-order chi connectivity index (χ1) is 13.2. The lowest BCUT2D eigenvalue weighted by Gasteiger charge is -2.37. The summed E-state index contributed by atoms with van der Waals surface area (Å²) in [5.41, 5.74) is 0.843. The maximum absolute atomic E-state index is 12.3. The molecule has 0 aliphatic rings. The minimum atomic E-state index is -1.15. The second kappa shape index (κ2) is 8.62. The van der Waals surface area contributed by atoms with Crippen LogP contribution in [0.4, 0.5) is 0 Å². The molecule has 4 heteroatoms. The van der Waals surface area contributed by atoms with Crippen LogP contribution in [0.25, 0.3) is 0 Å². The predicted octanol–water partition coefficient (Wildman–Crippen LogP) is 3.79. The highest BCUT2D eigenvalue weighted by Crippen LogP contribution is 2.36. The summed E-state index contributed by atoms with van der Waals surface area (Å²) in [6.07, 6.45) is -1.10. The number of aliphatic hydroxyl groups is 1. The Bertz CT molecular complexity index is 808. The van der Waals surface area contributed by atoms with Gasteiger partial charge in [-0.25, -0.2) is 4.79 Å². The SMILES string of the molecule is COC(c1ccccc1)(c1ccccc1)[C@H](O)COC(=O)c1ccccc1. The first kappa shape index (κ1) is 18.8. The molecule has 0 heterocycles. The van der Waals surface area contributed by atoms with Gasteiger partial charge in [-0.15, -0.1) is 0 Å². The van der Waals surface area contributed by atoms with Crippen molar-refractivity contribution in [2.24, 2.45) is 0 Å². The molecule has 1 atom stereocenters. The van der Waals surface area contributed by atoms with Crippen molar-refractivity contribution >= 4 is 5.97 Å². The molecule has 3 aromatic rings. The number of esters is 1. The highest BCUT2D eigenvalue weighted by atomic mass is 16.6. The molecular weight excluding hydrogens is 340 g/mol. The molecule has 3 rings (SSSR count). The zero-order chi connectivity index (χ0) is 19.1. The molecule has 27 heavy (non-hydrogen) atoms. The molecule has 0 aliphatic carbocycles. The molecule has 0 aliphatic heterocycles. The van der Waals surface area contributed by atoms with E-state index < -0.39 is 17.7 Å². The number of rotatable bonds is 7. The third-order valence-corrected chi connectivity index (χ3v) is 4.58. The van der Waals surface area contributed by atoms with Crippen LogP contribution in [0.1, 0.15) is 21.5 Å². The van der Waals surface area contributed by atoms with Gasteiger partial charge in [0.15, 0.2) is 0 Å². The quantitative estimate of drug-likeness (QED) is 0.650. The van der Waals surface area contributed by atoms with Gasteiger partial charge in [-0.1, -0.05) is 78.9 Å². The zero-order valence-electron chi connectivity index (χ0n) is 15.1. The minimum Gasteiger partial charge on any atom is -0.459 e. The van der Waals surface area contributed by atoms with Crippen LogP contribution in [0.5, 0.6) is 0 Å². The van der Waals surface area contributed by atoms with E-state index in [1.54, 1.807) is 31.4 Å². The van der Waals surface area contributed by atoms with Crippen LogP contribution in [-0.2, 0) is 15.1 Å². The van der Waals surface area contributed by atoms with Crippen LogP contribution in [0, 0.1) is 0 Å². The van der Waals surface area contributed by atoms with E-state index >= 15 is 0 Å². The molecule has 0 saturated heterocycles. The molecule has 1 N–H and O–H groups in total. The van der Waals surface area contributed by atoms with Crippen LogP contribution in [0.15, 0.2) is 91.0 Å². The lowest BCUT2D eigenvalue weighted by Crippen LogP contribution is -2.45. The Balaban J connectivity index is 1.90. The Hall–Kier alpha value is -2.95. The van der Waals surface area contributed by atoms with Crippen molar-refractivity contribution in [1.29, 1.82) is 0 Å². The number of aliphatic hydroxyl groups excluding tert-OH is 1. The Kier molecular flexibility index (Phi) is 6.01. The average Bonchev–Trinajstić information content (AvgIpc) is 2.75. The van der Waals surface area contributed by atoms with Gasteiger partial charge < -0.3 is 14.6 Å². The highest BCUT2D eigenvalue weighted by molar-refractivity contribution is 5.89. The molecule has 0 spiro atoms. The minimum absolute atomic E-state index is 0.203. The van der Waals surface area contributed by atoms with E-state index in [9.17, 15) is 9.90 Å². The van der Waals surface area contributed by atoms with Gasteiger partial charge in [-0.05, 0) is 23.3 Å². The van der Waals surface area contributed by atoms with Crippen molar-refractivity contribution in [2.45, 2.75) is 11.7 Å². The number of ether oxygens (including phenoxy) is 2. The standard InChI is InChI=1S/C23H22O4/c1-26-23(19-13-7-3-8-14-19,20-15-9-4-10-16-20)21(24)17-27-22(25)18-11-5-2-6-12-18/h2-16,21,24H,17H2,1H3/t21-/m1/s1. The van der Waals surface area contributed by atoms with Crippen LogP contribution in [-0.4, -0.2) is 30.9 Å². The normalized spacial score (nSPS) is 12.4. The molecule has 3 aromatic carbocycles.